The Morgan fingerprint density at radius 3 is 2.50 bits per heavy atom. The Morgan fingerprint density at radius 2 is 2.06 bits per heavy atom. The minimum atomic E-state index is -4.52. The van der Waals surface area contributed by atoms with Crippen molar-refractivity contribution < 1.29 is 23.1 Å². The van der Waals surface area contributed by atoms with E-state index in [0.717, 1.165) is 0 Å². The van der Waals surface area contributed by atoms with Crippen LogP contribution in [0.3, 0.4) is 0 Å². The van der Waals surface area contributed by atoms with Gasteiger partial charge in [-0.1, -0.05) is 6.07 Å². The van der Waals surface area contributed by atoms with Crippen LogP contribution in [-0.4, -0.2) is 17.3 Å². The first-order valence-electron chi connectivity index (χ1n) is 4.28. The Balaban J connectivity index is 3.27. The monoisotopic (exact) mass is 250 g/mol. The number of aromatic carboxylic acids is 1. The normalized spacial score (nSPS) is 11.5. The number of alkyl halides is 3. The number of carboxylic acid groups (broad SMARTS) is 1. The lowest BCUT2D eigenvalue weighted by Crippen LogP contribution is -2.11. The first kappa shape index (κ1) is 12.9. The molecule has 0 unspecified atom stereocenters. The minimum absolute atomic E-state index is 0.102. The molecule has 0 atom stereocenters. The summed E-state index contributed by atoms with van der Waals surface area (Å²) in [5.74, 6) is -1.16. The molecule has 88 valence electrons. The van der Waals surface area contributed by atoms with E-state index in [-0.39, 0.29) is 16.9 Å². The van der Waals surface area contributed by atoms with Crippen LogP contribution in [0.15, 0.2) is 18.2 Å². The molecule has 1 aromatic rings. The summed E-state index contributed by atoms with van der Waals surface area (Å²) in [6, 6.07) is 3.07. The topological polar surface area (TPSA) is 37.3 Å². The SMILES string of the molecule is CSCc1ccc(C(=O)O)cc1C(F)(F)F. The molecule has 0 aliphatic carbocycles. The first-order chi connectivity index (χ1) is 7.36. The number of hydrogen-bond donors (Lipinski definition) is 1. The van der Waals surface area contributed by atoms with E-state index >= 15 is 0 Å². The highest BCUT2D eigenvalue weighted by Crippen LogP contribution is 2.34. The fraction of sp³-hybridized carbons (Fsp3) is 0.300. The number of halogens is 3. The maximum atomic E-state index is 12.6. The van der Waals surface area contributed by atoms with E-state index < -0.39 is 17.7 Å². The summed E-state index contributed by atoms with van der Waals surface area (Å²) in [6.07, 6.45) is -2.83. The van der Waals surface area contributed by atoms with Crippen LogP contribution in [0, 0.1) is 0 Å². The van der Waals surface area contributed by atoms with Crippen LogP contribution >= 0.6 is 11.8 Å². The van der Waals surface area contributed by atoms with Crippen LogP contribution in [0.5, 0.6) is 0 Å². The Hall–Kier alpha value is -1.17. The molecule has 1 rings (SSSR count). The van der Waals surface area contributed by atoms with Crippen molar-refractivity contribution in [3.63, 3.8) is 0 Å². The van der Waals surface area contributed by atoms with Gasteiger partial charge in [0, 0.05) is 5.75 Å². The second-order valence-corrected chi connectivity index (χ2v) is 3.97. The van der Waals surface area contributed by atoms with Crippen molar-refractivity contribution in [2.45, 2.75) is 11.9 Å². The van der Waals surface area contributed by atoms with Crippen LogP contribution in [0.2, 0.25) is 0 Å². The second kappa shape index (κ2) is 4.78. The highest BCUT2D eigenvalue weighted by atomic mass is 32.2. The molecule has 0 bridgehead atoms. The maximum absolute atomic E-state index is 12.6. The highest BCUT2D eigenvalue weighted by molar-refractivity contribution is 7.97. The van der Waals surface area contributed by atoms with Gasteiger partial charge in [-0.25, -0.2) is 4.79 Å². The van der Waals surface area contributed by atoms with Crippen molar-refractivity contribution in [1.82, 2.24) is 0 Å². The predicted octanol–water partition coefficient (Wildman–Crippen LogP) is 3.27. The summed E-state index contributed by atoms with van der Waals surface area (Å²) in [4.78, 5) is 10.6. The van der Waals surface area contributed by atoms with Crippen LogP contribution < -0.4 is 0 Å². The Kier molecular flexibility index (Phi) is 3.85. The summed E-state index contributed by atoms with van der Waals surface area (Å²) in [5.41, 5.74) is -1.12. The van der Waals surface area contributed by atoms with E-state index in [2.05, 4.69) is 0 Å². The van der Waals surface area contributed by atoms with Crippen LogP contribution in [-0.2, 0) is 11.9 Å². The molecule has 0 spiro atoms. The molecule has 16 heavy (non-hydrogen) atoms. The highest BCUT2D eigenvalue weighted by Gasteiger charge is 2.33. The van der Waals surface area contributed by atoms with Crippen molar-refractivity contribution in [2.24, 2.45) is 0 Å². The van der Waals surface area contributed by atoms with E-state index in [0.29, 0.717) is 6.07 Å². The van der Waals surface area contributed by atoms with Crippen molar-refractivity contribution >= 4 is 17.7 Å². The maximum Gasteiger partial charge on any atom is 0.416 e. The largest absolute Gasteiger partial charge is 0.478 e. The fourth-order valence-electron chi connectivity index (χ4n) is 1.25. The number of hydrogen-bond acceptors (Lipinski definition) is 2. The number of carboxylic acids is 1. The van der Waals surface area contributed by atoms with Gasteiger partial charge < -0.3 is 5.11 Å². The molecule has 1 aromatic carbocycles. The third-order valence-corrected chi connectivity index (χ3v) is 2.56. The van der Waals surface area contributed by atoms with E-state index in [4.69, 9.17) is 5.11 Å². The van der Waals surface area contributed by atoms with Crippen LogP contribution in [0.25, 0.3) is 0 Å². The lowest BCUT2D eigenvalue weighted by atomic mass is 10.0. The van der Waals surface area contributed by atoms with E-state index in [9.17, 15) is 18.0 Å². The summed E-state index contributed by atoms with van der Waals surface area (Å²) in [6.45, 7) is 0. The number of rotatable bonds is 3. The molecule has 0 saturated heterocycles. The number of thioether (sulfide) groups is 1. The zero-order chi connectivity index (χ0) is 12.3. The molecular weight excluding hydrogens is 241 g/mol. The lowest BCUT2D eigenvalue weighted by Gasteiger charge is -2.12. The van der Waals surface area contributed by atoms with E-state index in [1.165, 1.54) is 23.9 Å². The third-order valence-electron chi connectivity index (χ3n) is 1.96. The van der Waals surface area contributed by atoms with Gasteiger partial charge in [-0.3, -0.25) is 0 Å². The third kappa shape index (κ3) is 2.91. The first-order valence-corrected chi connectivity index (χ1v) is 5.68. The van der Waals surface area contributed by atoms with E-state index in [1.54, 1.807) is 6.26 Å². The van der Waals surface area contributed by atoms with Gasteiger partial charge in [-0.2, -0.15) is 24.9 Å². The summed E-state index contributed by atoms with van der Waals surface area (Å²) >= 11 is 1.25. The van der Waals surface area contributed by atoms with Gasteiger partial charge in [0.25, 0.3) is 0 Å². The number of benzene rings is 1. The second-order valence-electron chi connectivity index (χ2n) is 3.11. The molecule has 0 aliphatic rings. The quantitative estimate of drug-likeness (QED) is 0.894. The zero-order valence-electron chi connectivity index (χ0n) is 8.34. The van der Waals surface area contributed by atoms with Gasteiger partial charge in [0.1, 0.15) is 0 Å². The molecule has 0 saturated carbocycles. The molecular formula is C10H9F3O2S. The van der Waals surface area contributed by atoms with Gasteiger partial charge in [0.2, 0.25) is 0 Å². The molecule has 0 aromatic heterocycles. The summed E-state index contributed by atoms with van der Waals surface area (Å²) in [5, 5.41) is 8.62. The van der Waals surface area contributed by atoms with Gasteiger partial charge in [-0.15, -0.1) is 0 Å². The van der Waals surface area contributed by atoms with Gasteiger partial charge >= 0.3 is 12.1 Å². The summed E-state index contributed by atoms with van der Waals surface area (Å²) in [7, 11) is 0. The molecule has 0 heterocycles. The van der Waals surface area contributed by atoms with Crippen molar-refractivity contribution in [3.05, 3.63) is 34.9 Å². The molecule has 6 heteroatoms. The van der Waals surface area contributed by atoms with Gasteiger partial charge in [0.15, 0.2) is 0 Å². The molecule has 1 N–H and O–H groups in total. The van der Waals surface area contributed by atoms with E-state index in [1.807, 2.05) is 0 Å². The number of carbonyl (C=O) groups is 1. The molecule has 0 fully saturated rings. The lowest BCUT2D eigenvalue weighted by molar-refractivity contribution is -0.138. The van der Waals surface area contributed by atoms with Crippen LogP contribution in [0.4, 0.5) is 13.2 Å². The average Bonchev–Trinajstić information content (AvgIpc) is 2.16. The Bertz CT molecular complexity index is 402. The minimum Gasteiger partial charge on any atom is -0.478 e. The standard InChI is InChI=1S/C10H9F3O2S/c1-16-5-7-3-2-6(9(14)15)4-8(7)10(11,12)13/h2-4H,5H2,1H3,(H,14,15). The molecule has 0 aliphatic heterocycles. The molecule has 0 radical (unpaired) electrons. The Morgan fingerprint density at radius 1 is 1.44 bits per heavy atom. The Labute approximate surface area is 94.5 Å². The summed E-state index contributed by atoms with van der Waals surface area (Å²) < 4.78 is 37.8. The van der Waals surface area contributed by atoms with Gasteiger partial charge in [-0.05, 0) is 24.0 Å². The average molecular weight is 250 g/mol. The predicted molar refractivity (Wildman–Crippen MR) is 55.6 cm³/mol. The zero-order valence-corrected chi connectivity index (χ0v) is 9.15. The van der Waals surface area contributed by atoms with Crippen molar-refractivity contribution in [1.29, 1.82) is 0 Å². The fourth-order valence-corrected chi connectivity index (χ4v) is 1.82. The smallest absolute Gasteiger partial charge is 0.416 e. The van der Waals surface area contributed by atoms with Crippen molar-refractivity contribution in [2.75, 3.05) is 6.26 Å². The van der Waals surface area contributed by atoms with Crippen LogP contribution in [0.1, 0.15) is 21.5 Å². The molecule has 2 nitrogen and oxygen atoms in total. The van der Waals surface area contributed by atoms with Crippen molar-refractivity contribution in [3.8, 4) is 0 Å². The molecule has 0 amide bonds. The van der Waals surface area contributed by atoms with Gasteiger partial charge in [0.05, 0.1) is 11.1 Å².